The minimum absolute atomic E-state index is 0. The zero-order valence-electron chi connectivity index (χ0n) is 6.82. The first-order valence-electron chi connectivity index (χ1n) is 2.82. The third-order valence-corrected chi connectivity index (χ3v) is 1.21. The van der Waals surface area contributed by atoms with Crippen molar-refractivity contribution in [1.82, 2.24) is 0 Å². The van der Waals surface area contributed by atoms with E-state index in [9.17, 15) is 4.79 Å². The van der Waals surface area contributed by atoms with Gasteiger partial charge in [-0.25, -0.2) is 0 Å². The van der Waals surface area contributed by atoms with Gasteiger partial charge in [0, 0.05) is 62.5 Å². The van der Waals surface area contributed by atoms with E-state index in [0.717, 1.165) is 0 Å². The van der Waals surface area contributed by atoms with Crippen molar-refractivity contribution in [2.45, 2.75) is 0 Å². The van der Waals surface area contributed by atoms with Crippen LogP contribution in [0.1, 0.15) is 10.4 Å². The van der Waals surface area contributed by atoms with E-state index < -0.39 is 5.91 Å². The number of para-hydroxylation sites is 1. The SMILES string of the molecule is O.[NH-]C(=O)c1ccccc1N.[V].[Y]. The van der Waals surface area contributed by atoms with Crippen LogP contribution in [-0.2, 0) is 51.3 Å². The number of hydrogen-bond donors (Lipinski definition) is 1. The van der Waals surface area contributed by atoms with Gasteiger partial charge in [0.25, 0.3) is 0 Å². The molecule has 68 valence electrons. The first-order valence-corrected chi connectivity index (χ1v) is 2.82. The average Bonchev–Trinajstić information content (AvgIpc) is 1.88. The van der Waals surface area contributed by atoms with Gasteiger partial charge in [-0.05, 0) is 6.07 Å². The summed E-state index contributed by atoms with van der Waals surface area (Å²) in [4.78, 5) is 10.5. The van der Waals surface area contributed by atoms with E-state index in [4.69, 9.17) is 11.5 Å². The molecule has 0 aliphatic carbocycles. The van der Waals surface area contributed by atoms with E-state index in [2.05, 4.69) is 0 Å². The molecule has 2 radical (unpaired) electrons. The van der Waals surface area contributed by atoms with Crippen LogP contribution in [0.2, 0.25) is 0 Å². The quantitative estimate of drug-likeness (QED) is 0.768. The van der Waals surface area contributed by atoms with E-state index in [1.165, 1.54) is 6.07 Å². The van der Waals surface area contributed by atoms with Crippen molar-refractivity contribution < 1.29 is 61.5 Å². The molecule has 1 amide bonds. The fourth-order valence-corrected chi connectivity index (χ4v) is 0.704. The number of carbonyl (C=O) groups excluding carboxylic acids is 1. The van der Waals surface area contributed by atoms with Gasteiger partial charge in [0.15, 0.2) is 0 Å². The number of rotatable bonds is 1. The summed E-state index contributed by atoms with van der Waals surface area (Å²) in [6.45, 7) is 0. The van der Waals surface area contributed by atoms with Gasteiger partial charge in [0.2, 0.25) is 0 Å². The third-order valence-electron chi connectivity index (χ3n) is 1.21. The van der Waals surface area contributed by atoms with Crippen LogP contribution in [0.15, 0.2) is 24.3 Å². The molecule has 0 unspecified atom stereocenters. The van der Waals surface area contributed by atoms with Gasteiger partial charge in [-0.2, -0.15) is 0 Å². The van der Waals surface area contributed by atoms with Gasteiger partial charge in [-0.3, -0.25) is 0 Å². The Morgan fingerprint density at radius 1 is 1.31 bits per heavy atom. The molecular weight excluding hydrogens is 284 g/mol. The van der Waals surface area contributed by atoms with Gasteiger partial charge in [-0.15, -0.1) is 0 Å². The van der Waals surface area contributed by atoms with Crippen molar-refractivity contribution in [1.29, 1.82) is 0 Å². The van der Waals surface area contributed by atoms with Crippen molar-refractivity contribution in [3.8, 4) is 0 Å². The van der Waals surface area contributed by atoms with Crippen molar-refractivity contribution in [3.63, 3.8) is 0 Å². The Morgan fingerprint density at radius 2 is 1.77 bits per heavy atom. The Labute approximate surface area is 114 Å². The maximum absolute atomic E-state index is 10.5. The molecule has 0 aromatic heterocycles. The zero-order chi connectivity index (χ0) is 7.56. The minimum atomic E-state index is -0.738. The predicted octanol–water partition coefficient (Wildman–Crippen LogP) is 0.632. The Morgan fingerprint density at radius 3 is 2.08 bits per heavy atom. The van der Waals surface area contributed by atoms with Crippen molar-refractivity contribution in [2.75, 3.05) is 5.73 Å². The predicted molar refractivity (Wildman–Crippen MR) is 43.1 cm³/mol. The molecular formula is C7H9N2O2VY-. The van der Waals surface area contributed by atoms with Gasteiger partial charge >= 0.3 is 0 Å². The molecule has 0 aliphatic heterocycles. The topological polar surface area (TPSA) is 98.4 Å². The molecule has 13 heavy (non-hydrogen) atoms. The molecule has 0 heterocycles. The smallest absolute Gasteiger partial charge is 0.0817 e. The normalized spacial score (nSPS) is 7.08. The second-order valence-electron chi connectivity index (χ2n) is 1.92. The summed E-state index contributed by atoms with van der Waals surface area (Å²) in [7, 11) is 0. The minimum Gasteiger partial charge on any atom is -0.663 e. The van der Waals surface area contributed by atoms with Crippen LogP contribution in [0.4, 0.5) is 5.69 Å². The van der Waals surface area contributed by atoms with Crippen molar-refractivity contribution >= 4 is 11.6 Å². The van der Waals surface area contributed by atoms with Crippen molar-refractivity contribution in [3.05, 3.63) is 35.6 Å². The maximum Gasteiger partial charge on any atom is 0.0817 e. The molecule has 1 aromatic carbocycles. The van der Waals surface area contributed by atoms with Gasteiger partial charge in [-0.1, -0.05) is 18.2 Å². The van der Waals surface area contributed by atoms with E-state index in [0.29, 0.717) is 5.69 Å². The van der Waals surface area contributed by atoms with Gasteiger partial charge in [0.05, 0.1) is 5.91 Å². The van der Waals surface area contributed by atoms with E-state index in [1.807, 2.05) is 0 Å². The fraction of sp³-hybridized carbons (Fsp3) is 0. The second kappa shape index (κ2) is 8.72. The van der Waals surface area contributed by atoms with E-state index in [1.54, 1.807) is 18.2 Å². The Kier molecular flexibility index (Phi) is 12.6. The zero-order valence-corrected chi connectivity index (χ0v) is 11.1. The summed E-state index contributed by atoms with van der Waals surface area (Å²) in [5.74, 6) is -0.738. The number of anilines is 1. The largest absolute Gasteiger partial charge is 0.663 e. The molecule has 0 saturated heterocycles. The van der Waals surface area contributed by atoms with Crippen molar-refractivity contribution in [2.24, 2.45) is 0 Å². The molecule has 0 saturated carbocycles. The number of hydrogen-bond acceptors (Lipinski definition) is 2. The molecule has 1 aromatic rings. The summed E-state index contributed by atoms with van der Waals surface area (Å²) in [6.07, 6.45) is 0. The summed E-state index contributed by atoms with van der Waals surface area (Å²) < 4.78 is 0. The molecule has 4 nitrogen and oxygen atoms in total. The number of amides is 1. The molecule has 0 spiro atoms. The average molecular weight is 293 g/mol. The van der Waals surface area contributed by atoms with Crippen LogP contribution in [0, 0.1) is 0 Å². The summed E-state index contributed by atoms with van der Waals surface area (Å²) in [5, 5.41) is 0. The number of benzene rings is 1. The van der Waals surface area contributed by atoms with Gasteiger partial charge < -0.3 is 21.7 Å². The van der Waals surface area contributed by atoms with Crippen LogP contribution in [0.5, 0.6) is 0 Å². The molecule has 0 atom stereocenters. The fourth-order valence-electron chi connectivity index (χ4n) is 0.704. The van der Waals surface area contributed by atoms with Crippen LogP contribution in [-0.4, -0.2) is 11.4 Å². The number of carbonyl (C=O) groups is 1. The Bertz CT molecular complexity index is 270. The van der Waals surface area contributed by atoms with Crippen LogP contribution in [0.3, 0.4) is 0 Å². The summed E-state index contributed by atoms with van der Waals surface area (Å²) in [6, 6.07) is 6.53. The van der Waals surface area contributed by atoms with Crippen LogP contribution in [0.25, 0.3) is 5.73 Å². The number of nitrogens with two attached hydrogens (primary N) is 1. The molecule has 6 heteroatoms. The maximum atomic E-state index is 10.5. The van der Waals surface area contributed by atoms with E-state index >= 15 is 0 Å². The number of nitrogen functional groups attached to an aromatic ring is 1. The Balaban J connectivity index is -0.000000333. The number of nitrogens with one attached hydrogen (secondary N) is 1. The molecule has 5 N–H and O–H groups in total. The molecule has 0 bridgehead atoms. The summed E-state index contributed by atoms with van der Waals surface area (Å²) >= 11 is 0. The Hall–Kier alpha value is 0.138. The summed E-state index contributed by atoms with van der Waals surface area (Å²) in [5.41, 5.74) is 12.8. The molecule has 1 rings (SSSR count). The first kappa shape index (κ1) is 18.8. The van der Waals surface area contributed by atoms with Gasteiger partial charge in [0.1, 0.15) is 0 Å². The first-order chi connectivity index (χ1) is 4.72. The third kappa shape index (κ3) is 5.44. The van der Waals surface area contributed by atoms with E-state index in [-0.39, 0.29) is 62.3 Å². The monoisotopic (exact) mass is 293 g/mol. The molecule has 0 aliphatic rings. The van der Waals surface area contributed by atoms with Crippen LogP contribution >= 0.6 is 0 Å². The standard InChI is InChI=1S/C7H8N2O.H2O.V.Y/c8-6-4-2-1-3-5(6)7(9)10;;;/h1-4H,(H4,8,9,10);1H2;;/p-1. The molecule has 0 fully saturated rings. The van der Waals surface area contributed by atoms with Crippen LogP contribution < -0.4 is 5.73 Å². The second-order valence-corrected chi connectivity index (χ2v) is 1.92.